The number of aromatic nitrogens is 1. The second-order valence-corrected chi connectivity index (χ2v) is 6.32. The topological polar surface area (TPSA) is 48.5 Å². The number of anilines is 2. The van der Waals surface area contributed by atoms with E-state index in [0.29, 0.717) is 18.7 Å². The van der Waals surface area contributed by atoms with Crippen molar-refractivity contribution in [3.8, 4) is 0 Å². The van der Waals surface area contributed by atoms with Crippen LogP contribution in [0.2, 0.25) is 0 Å². The zero-order valence-electron chi connectivity index (χ0n) is 15.0. The normalized spacial score (nSPS) is 15.6. The lowest BCUT2D eigenvalue weighted by molar-refractivity contribution is -0.136. The van der Waals surface area contributed by atoms with Gasteiger partial charge in [-0.25, -0.2) is 4.98 Å². The molecule has 1 N–H and O–H groups in total. The Morgan fingerprint density at radius 3 is 2.52 bits per heavy atom. The summed E-state index contributed by atoms with van der Waals surface area (Å²) in [6, 6.07) is 8.25. The molecule has 1 aliphatic heterocycles. The van der Waals surface area contributed by atoms with Crippen LogP contribution in [-0.2, 0) is 6.18 Å². The molecule has 1 saturated heterocycles. The molecule has 0 saturated carbocycles. The number of amides is 1. The highest BCUT2D eigenvalue weighted by Gasteiger charge is 2.33. The average molecular weight is 378 g/mol. The molecule has 0 unspecified atom stereocenters. The molecule has 1 aromatic heterocycles. The van der Waals surface area contributed by atoms with Gasteiger partial charge in [-0.3, -0.25) is 4.79 Å². The van der Waals surface area contributed by atoms with Gasteiger partial charge in [-0.1, -0.05) is 19.1 Å². The fourth-order valence-corrected chi connectivity index (χ4v) is 3.06. The van der Waals surface area contributed by atoms with E-state index in [1.807, 2.05) is 0 Å². The minimum Gasteiger partial charge on any atom is -0.340 e. The average Bonchev–Trinajstić information content (AvgIpc) is 2.67. The van der Waals surface area contributed by atoms with E-state index in [0.717, 1.165) is 25.7 Å². The first-order chi connectivity index (χ1) is 12.9. The summed E-state index contributed by atoms with van der Waals surface area (Å²) in [5.74, 6) is 0.0602. The van der Waals surface area contributed by atoms with Gasteiger partial charge in [0.2, 0.25) is 0 Å². The van der Waals surface area contributed by atoms with Gasteiger partial charge < -0.3 is 15.1 Å². The largest absolute Gasteiger partial charge is 0.418 e. The summed E-state index contributed by atoms with van der Waals surface area (Å²) >= 11 is 0. The number of para-hydroxylation sites is 1. The number of piperazine rings is 1. The van der Waals surface area contributed by atoms with Crippen LogP contribution in [0.25, 0.3) is 0 Å². The Labute approximate surface area is 155 Å². The Hall–Kier alpha value is -2.61. The number of pyridine rings is 1. The molecule has 0 spiro atoms. The van der Waals surface area contributed by atoms with Gasteiger partial charge in [-0.15, -0.1) is 0 Å². The van der Waals surface area contributed by atoms with Crippen LogP contribution in [0.4, 0.5) is 24.7 Å². The van der Waals surface area contributed by atoms with Crippen molar-refractivity contribution >= 4 is 17.4 Å². The van der Waals surface area contributed by atoms with Crippen LogP contribution >= 0.6 is 0 Å². The van der Waals surface area contributed by atoms with E-state index in [4.69, 9.17) is 0 Å². The van der Waals surface area contributed by atoms with Crippen molar-refractivity contribution in [2.75, 3.05) is 38.0 Å². The molecule has 0 atom stereocenters. The summed E-state index contributed by atoms with van der Waals surface area (Å²) in [6.07, 6.45) is -3.05. The van der Waals surface area contributed by atoms with Crippen molar-refractivity contribution in [1.82, 2.24) is 14.8 Å². The lowest BCUT2D eigenvalue weighted by Gasteiger charge is -2.34. The zero-order valence-corrected chi connectivity index (χ0v) is 15.0. The van der Waals surface area contributed by atoms with Crippen molar-refractivity contribution in [2.45, 2.75) is 13.1 Å². The van der Waals surface area contributed by atoms with Crippen molar-refractivity contribution < 1.29 is 18.0 Å². The van der Waals surface area contributed by atoms with Crippen molar-refractivity contribution in [3.05, 3.63) is 53.7 Å². The Morgan fingerprint density at radius 2 is 1.85 bits per heavy atom. The molecule has 8 heteroatoms. The minimum absolute atomic E-state index is 0.0985. The number of halogens is 3. The third-order valence-corrected chi connectivity index (χ3v) is 4.61. The van der Waals surface area contributed by atoms with Crippen LogP contribution in [0, 0.1) is 0 Å². The number of hydrogen-bond donors (Lipinski definition) is 1. The monoisotopic (exact) mass is 378 g/mol. The van der Waals surface area contributed by atoms with Gasteiger partial charge in [0.05, 0.1) is 11.3 Å². The van der Waals surface area contributed by atoms with Crippen molar-refractivity contribution in [2.24, 2.45) is 0 Å². The van der Waals surface area contributed by atoms with Crippen molar-refractivity contribution in [1.29, 1.82) is 0 Å². The maximum atomic E-state index is 13.1. The molecule has 2 aromatic rings. The lowest BCUT2D eigenvalue weighted by atomic mass is 10.1. The molecule has 5 nitrogen and oxygen atoms in total. The third-order valence-electron chi connectivity index (χ3n) is 4.61. The van der Waals surface area contributed by atoms with E-state index in [2.05, 4.69) is 22.1 Å². The molecule has 2 heterocycles. The molecule has 1 fully saturated rings. The maximum absolute atomic E-state index is 13.1. The molecular weight excluding hydrogens is 357 g/mol. The fraction of sp³-hybridized carbons (Fsp3) is 0.368. The van der Waals surface area contributed by atoms with Crippen LogP contribution in [0.5, 0.6) is 0 Å². The summed E-state index contributed by atoms with van der Waals surface area (Å²) in [4.78, 5) is 20.8. The van der Waals surface area contributed by atoms with Crippen LogP contribution < -0.4 is 5.32 Å². The molecule has 1 aliphatic rings. The number of nitrogens with one attached hydrogen (secondary N) is 1. The summed E-state index contributed by atoms with van der Waals surface area (Å²) in [5.41, 5.74) is -0.472. The SMILES string of the molecule is CCN1CCN(C(=O)c2ccnc(Nc3ccccc3C(F)(F)F)c2)CC1. The zero-order chi connectivity index (χ0) is 19.4. The molecule has 0 radical (unpaired) electrons. The van der Waals surface area contributed by atoms with Gasteiger partial charge in [0.25, 0.3) is 5.91 Å². The number of nitrogens with zero attached hydrogens (tertiary/aromatic N) is 3. The van der Waals surface area contributed by atoms with Crippen LogP contribution in [0.1, 0.15) is 22.8 Å². The molecule has 144 valence electrons. The van der Waals surface area contributed by atoms with Crippen LogP contribution in [0.3, 0.4) is 0 Å². The Morgan fingerprint density at radius 1 is 1.15 bits per heavy atom. The first-order valence-electron chi connectivity index (χ1n) is 8.79. The highest BCUT2D eigenvalue weighted by molar-refractivity contribution is 5.95. The van der Waals surface area contributed by atoms with E-state index in [9.17, 15) is 18.0 Å². The summed E-state index contributed by atoms with van der Waals surface area (Å²) in [5, 5.41) is 2.68. The highest BCUT2D eigenvalue weighted by Crippen LogP contribution is 2.35. The first kappa shape index (κ1) is 19.2. The lowest BCUT2D eigenvalue weighted by Crippen LogP contribution is -2.48. The van der Waals surface area contributed by atoms with Gasteiger partial charge in [0.15, 0.2) is 0 Å². The van der Waals surface area contributed by atoms with Crippen LogP contribution in [-0.4, -0.2) is 53.4 Å². The molecule has 1 amide bonds. The number of hydrogen-bond acceptors (Lipinski definition) is 4. The molecule has 1 aromatic carbocycles. The van der Waals surface area contributed by atoms with Gasteiger partial charge in [0.1, 0.15) is 5.82 Å². The fourth-order valence-electron chi connectivity index (χ4n) is 3.06. The van der Waals surface area contributed by atoms with E-state index in [-0.39, 0.29) is 17.4 Å². The Bertz CT molecular complexity index is 802. The van der Waals surface area contributed by atoms with E-state index in [1.165, 1.54) is 30.5 Å². The molecule has 27 heavy (non-hydrogen) atoms. The number of carbonyl (C=O) groups is 1. The van der Waals surface area contributed by atoms with Crippen molar-refractivity contribution in [3.63, 3.8) is 0 Å². The molecule has 3 rings (SSSR count). The number of likely N-dealkylation sites (N-methyl/N-ethyl adjacent to an activating group) is 1. The standard InChI is InChI=1S/C19H21F3N4O/c1-2-25-9-11-26(12-10-25)18(27)14-7-8-23-17(13-14)24-16-6-4-3-5-15(16)19(20,21)22/h3-8,13H,2,9-12H2,1H3,(H,23,24). The highest BCUT2D eigenvalue weighted by atomic mass is 19.4. The smallest absolute Gasteiger partial charge is 0.340 e. The summed E-state index contributed by atoms with van der Waals surface area (Å²) in [7, 11) is 0. The van der Waals surface area contributed by atoms with Gasteiger partial charge in [0, 0.05) is 37.9 Å². The predicted molar refractivity (Wildman–Crippen MR) is 97.0 cm³/mol. The van der Waals surface area contributed by atoms with Gasteiger partial charge in [-0.2, -0.15) is 13.2 Å². The number of benzene rings is 1. The summed E-state index contributed by atoms with van der Waals surface area (Å²) < 4.78 is 39.4. The quantitative estimate of drug-likeness (QED) is 0.883. The van der Waals surface area contributed by atoms with E-state index < -0.39 is 11.7 Å². The third kappa shape index (κ3) is 4.57. The number of rotatable bonds is 4. The maximum Gasteiger partial charge on any atom is 0.418 e. The number of alkyl halides is 3. The predicted octanol–water partition coefficient (Wildman–Crippen LogP) is 3.62. The van der Waals surface area contributed by atoms with Crippen LogP contribution in [0.15, 0.2) is 42.6 Å². The van der Waals surface area contributed by atoms with E-state index in [1.54, 1.807) is 11.0 Å². The second kappa shape index (κ2) is 7.96. The molecule has 0 bridgehead atoms. The Balaban J connectivity index is 1.76. The van der Waals surface area contributed by atoms with Gasteiger partial charge in [-0.05, 0) is 30.8 Å². The van der Waals surface area contributed by atoms with Gasteiger partial charge >= 0.3 is 6.18 Å². The Kier molecular flexibility index (Phi) is 5.65. The number of carbonyl (C=O) groups excluding carboxylic acids is 1. The molecular formula is C19H21F3N4O. The summed E-state index contributed by atoms with van der Waals surface area (Å²) in [6.45, 7) is 5.93. The minimum atomic E-state index is -4.48. The second-order valence-electron chi connectivity index (χ2n) is 6.32. The van der Waals surface area contributed by atoms with E-state index >= 15 is 0 Å². The first-order valence-corrected chi connectivity index (χ1v) is 8.79. The molecule has 0 aliphatic carbocycles.